The smallest absolute Gasteiger partial charge is 0.348 e. The third-order valence-electron chi connectivity index (χ3n) is 3.93. The molecule has 0 unspecified atom stereocenters. The van der Waals surface area contributed by atoms with Crippen molar-refractivity contribution < 1.29 is 19.1 Å². The van der Waals surface area contributed by atoms with Crippen LogP contribution in [0.4, 0.5) is 5.00 Å². The van der Waals surface area contributed by atoms with Crippen LogP contribution in [-0.4, -0.2) is 25.6 Å². The minimum absolute atomic E-state index is 0.288. The number of esters is 1. The van der Waals surface area contributed by atoms with Gasteiger partial charge in [-0.25, -0.2) is 4.79 Å². The van der Waals surface area contributed by atoms with Crippen molar-refractivity contribution in [3.8, 4) is 5.75 Å². The molecule has 0 aliphatic heterocycles. The van der Waals surface area contributed by atoms with E-state index < -0.39 is 0 Å². The fraction of sp³-hybridized carbons (Fsp3) is 0.200. The molecule has 0 aliphatic rings. The second-order valence-electron chi connectivity index (χ2n) is 5.70. The van der Waals surface area contributed by atoms with Crippen LogP contribution in [0.3, 0.4) is 0 Å². The number of ether oxygens (including phenoxy) is 2. The summed E-state index contributed by atoms with van der Waals surface area (Å²) in [6.45, 7) is 3.89. The predicted octanol–water partition coefficient (Wildman–Crippen LogP) is 4.65. The van der Waals surface area contributed by atoms with Gasteiger partial charge in [-0.1, -0.05) is 24.3 Å². The highest BCUT2D eigenvalue weighted by Crippen LogP contribution is 2.30. The SMILES string of the molecule is CCOC(=O)c1sc(NC(=O)c2cc3ccccc3cc2OC)cc1C. The van der Waals surface area contributed by atoms with Gasteiger partial charge in [-0.2, -0.15) is 0 Å². The quantitative estimate of drug-likeness (QED) is 0.665. The number of hydrogen-bond donors (Lipinski definition) is 1. The number of aryl methyl sites for hydroxylation is 1. The molecule has 0 atom stereocenters. The zero-order valence-corrected chi connectivity index (χ0v) is 15.6. The van der Waals surface area contributed by atoms with Crippen LogP contribution in [0.5, 0.6) is 5.75 Å². The summed E-state index contributed by atoms with van der Waals surface area (Å²) in [4.78, 5) is 25.2. The summed E-state index contributed by atoms with van der Waals surface area (Å²) in [7, 11) is 1.54. The topological polar surface area (TPSA) is 64.6 Å². The van der Waals surface area contributed by atoms with Gasteiger partial charge in [0.1, 0.15) is 10.6 Å². The van der Waals surface area contributed by atoms with Crippen LogP contribution in [0.1, 0.15) is 32.5 Å². The van der Waals surface area contributed by atoms with E-state index in [0.717, 1.165) is 16.3 Å². The van der Waals surface area contributed by atoms with Crippen molar-refractivity contribution in [1.82, 2.24) is 0 Å². The Hall–Kier alpha value is -2.86. The van der Waals surface area contributed by atoms with Crippen LogP contribution in [-0.2, 0) is 4.74 Å². The average molecular weight is 369 g/mol. The first-order valence-corrected chi connectivity index (χ1v) is 9.00. The van der Waals surface area contributed by atoms with Gasteiger partial charge in [0.05, 0.1) is 24.3 Å². The van der Waals surface area contributed by atoms with Crippen LogP contribution >= 0.6 is 11.3 Å². The Morgan fingerprint density at radius 1 is 1.12 bits per heavy atom. The second kappa shape index (κ2) is 7.58. The van der Waals surface area contributed by atoms with E-state index in [4.69, 9.17) is 9.47 Å². The zero-order valence-electron chi connectivity index (χ0n) is 14.8. The van der Waals surface area contributed by atoms with Gasteiger partial charge in [-0.05, 0) is 48.4 Å². The van der Waals surface area contributed by atoms with Crippen molar-refractivity contribution in [2.24, 2.45) is 0 Å². The minimum Gasteiger partial charge on any atom is -0.496 e. The number of carbonyl (C=O) groups is 2. The van der Waals surface area contributed by atoms with E-state index in [-0.39, 0.29) is 11.9 Å². The summed E-state index contributed by atoms with van der Waals surface area (Å²) in [5.41, 5.74) is 1.21. The van der Waals surface area contributed by atoms with E-state index in [1.54, 1.807) is 19.1 Å². The van der Waals surface area contributed by atoms with Gasteiger partial charge in [0.25, 0.3) is 5.91 Å². The van der Waals surface area contributed by atoms with E-state index in [0.29, 0.717) is 27.8 Å². The molecule has 3 rings (SSSR count). The van der Waals surface area contributed by atoms with Crippen LogP contribution in [0.15, 0.2) is 42.5 Å². The first-order chi connectivity index (χ1) is 12.5. The number of anilines is 1. The van der Waals surface area contributed by atoms with Gasteiger partial charge in [0, 0.05) is 0 Å². The highest BCUT2D eigenvalue weighted by atomic mass is 32.1. The number of methoxy groups -OCH3 is 1. The summed E-state index contributed by atoms with van der Waals surface area (Å²) in [5.74, 6) is -0.164. The summed E-state index contributed by atoms with van der Waals surface area (Å²) >= 11 is 1.20. The lowest BCUT2D eigenvalue weighted by atomic mass is 10.1. The van der Waals surface area contributed by atoms with Gasteiger partial charge in [-0.15, -0.1) is 11.3 Å². The molecule has 5 nitrogen and oxygen atoms in total. The summed E-state index contributed by atoms with van der Waals surface area (Å²) in [6, 6.07) is 13.2. The third kappa shape index (κ3) is 3.55. The lowest BCUT2D eigenvalue weighted by Crippen LogP contribution is -2.12. The maximum Gasteiger partial charge on any atom is 0.348 e. The largest absolute Gasteiger partial charge is 0.496 e. The molecule has 1 amide bonds. The molecule has 0 bridgehead atoms. The summed E-state index contributed by atoms with van der Waals surface area (Å²) < 4.78 is 10.4. The molecule has 0 saturated heterocycles. The van der Waals surface area contributed by atoms with Crippen molar-refractivity contribution in [1.29, 1.82) is 0 Å². The Kier molecular flexibility index (Phi) is 5.23. The molecule has 3 aromatic rings. The van der Waals surface area contributed by atoms with Gasteiger partial charge < -0.3 is 14.8 Å². The van der Waals surface area contributed by atoms with E-state index >= 15 is 0 Å². The Morgan fingerprint density at radius 2 is 1.81 bits per heavy atom. The third-order valence-corrected chi connectivity index (χ3v) is 5.06. The average Bonchev–Trinajstić information content (AvgIpc) is 3.00. The van der Waals surface area contributed by atoms with Gasteiger partial charge in [-0.3, -0.25) is 4.79 Å². The fourth-order valence-electron chi connectivity index (χ4n) is 2.69. The van der Waals surface area contributed by atoms with E-state index in [1.807, 2.05) is 37.3 Å². The summed E-state index contributed by atoms with van der Waals surface area (Å²) in [6.07, 6.45) is 0. The van der Waals surface area contributed by atoms with Crippen LogP contribution in [0.25, 0.3) is 10.8 Å². The number of nitrogens with one attached hydrogen (secondary N) is 1. The minimum atomic E-state index is -0.376. The van der Waals surface area contributed by atoms with Crippen LogP contribution < -0.4 is 10.1 Å². The van der Waals surface area contributed by atoms with E-state index in [9.17, 15) is 9.59 Å². The maximum absolute atomic E-state index is 12.8. The molecule has 1 aromatic heterocycles. The lowest BCUT2D eigenvalue weighted by molar-refractivity contribution is 0.0531. The van der Waals surface area contributed by atoms with Crippen LogP contribution in [0, 0.1) is 6.92 Å². The lowest BCUT2D eigenvalue weighted by Gasteiger charge is -2.10. The Morgan fingerprint density at radius 3 is 2.46 bits per heavy atom. The number of fused-ring (bicyclic) bond motifs is 1. The molecular formula is C20H19NO4S. The number of thiophene rings is 1. The highest BCUT2D eigenvalue weighted by molar-refractivity contribution is 7.18. The maximum atomic E-state index is 12.8. The summed E-state index contributed by atoms with van der Waals surface area (Å²) in [5, 5.41) is 5.39. The molecular weight excluding hydrogens is 350 g/mol. The normalized spacial score (nSPS) is 10.6. The Balaban J connectivity index is 1.90. The molecule has 2 aromatic carbocycles. The second-order valence-corrected chi connectivity index (χ2v) is 6.75. The monoisotopic (exact) mass is 369 g/mol. The first kappa shape index (κ1) is 17.9. The Bertz CT molecular complexity index is 977. The standard InChI is InChI=1S/C20H19NO4S/c1-4-25-20(23)18-12(2)9-17(26-18)21-19(22)15-10-13-7-5-6-8-14(13)11-16(15)24-3/h5-11H,4H2,1-3H3,(H,21,22). The van der Waals surface area contributed by atoms with Crippen molar-refractivity contribution in [2.75, 3.05) is 19.0 Å². The number of rotatable bonds is 5. The number of hydrogen-bond acceptors (Lipinski definition) is 5. The number of benzene rings is 2. The van der Waals surface area contributed by atoms with Crippen molar-refractivity contribution >= 4 is 39.0 Å². The molecule has 134 valence electrons. The van der Waals surface area contributed by atoms with Crippen molar-refractivity contribution in [3.63, 3.8) is 0 Å². The van der Waals surface area contributed by atoms with Crippen molar-refractivity contribution in [2.45, 2.75) is 13.8 Å². The van der Waals surface area contributed by atoms with Gasteiger partial charge in [0.15, 0.2) is 0 Å². The molecule has 6 heteroatoms. The first-order valence-electron chi connectivity index (χ1n) is 8.19. The molecule has 1 heterocycles. The molecule has 0 spiro atoms. The highest BCUT2D eigenvalue weighted by Gasteiger charge is 2.18. The molecule has 0 aliphatic carbocycles. The fourth-order valence-corrected chi connectivity index (χ4v) is 3.65. The molecule has 0 saturated carbocycles. The van der Waals surface area contributed by atoms with Crippen molar-refractivity contribution in [3.05, 3.63) is 58.5 Å². The predicted molar refractivity (Wildman–Crippen MR) is 103 cm³/mol. The number of carbonyl (C=O) groups excluding carboxylic acids is 2. The zero-order chi connectivity index (χ0) is 18.7. The molecule has 0 fully saturated rings. The molecule has 0 radical (unpaired) electrons. The van der Waals surface area contributed by atoms with Crippen LogP contribution in [0.2, 0.25) is 0 Å². The van der Waals surface area contributed by atoms with E-state index in [1.165, 1.54) is 18.4 Å². The van der Waals surface area contributed by atoms with Gasteiger partial charge >= 0.3 is 5.97 Å². The van der Waals surface area contributed by atoms with Gasteiger partial charge in [0.2, 0.25) is 0 Å². The molecule has 1 N–H and O–H groups in total. The Labute approximate surface area is 155 Å². The molecule has 26 heavy (non-hydrogen) atoms. The van der Waals surface area contributed by atoms with E-state index in [2.05, 4.69) is 5.32 Å². The number of amides is 1.